The molecule has 1 fully saturated rings. The van der Waals surface area contributed by atoms with Gasteiger partial charge in [0.2, 0.25) is 5.88 Å². The van der Waals surface area contributed by atoms with Crippen molar-refractivity contribution < 1.29 is 23.4 Å². The van der Waals surface area contributed by atoms with Crippen LogP contribution in [-0.2, 0) is 11.4 Å². The highest BCUT2D eigenvalue weighted by atomic mass is 19.1. The van der Waals surface area contributed by atoms with Crippen LogP contribution in [0.2, 0.25) is 0 Å². The summed E-state index contributed by atoms with van der Waals surface area (Å²) in [4.78, 5) is 12.9. The van der Waals surface area contributed by atoms with Crippen LogP contribution in [0.25, 0.3) is 0 Å². The molecule has 0 spiro atoms. The first-order chi connectivity index (χ1) is 20.0. The molecule has 3 aromatic carbocycles. The Morgan fingerprint density at radius 3 is 2.61 bits per heavy atom. The Kier molecular flexibility index (Phi) is 8.88. The van der Waals surface area contributed by atoms with Gasteiger partial charge in [0.1, 0.15) is 41.3 Å². The number of unbranched alkanes of at least 4 members (excludes halogenated alkanes) is 1. The second-order valence-corrected chi connectivity index (χ2v) is 10.9. The van der Waals surface area contributed by atoms with Crippen molar-refractivity contribution in [3.05, 3.63) is 101 Å². The van der Waals surface area contributed by atoms with Gasteiger partial charge in [-0.15, -0.1) is 0 Å². The zero-order valence-electron chi connectivity index (χ0n) is 23.3. The summed E-state index contributed by atoms with van der Waals surface area (Å²) in [5.41, 5.74) is 8.40. The average Bonchev–Trinajstić information content (AvgIpc) is 2.99. The number of halogens is 1. The minimum atomic E-state index is -0.510. The molecular formula is C34H35FN2O4. The molecule has 0 amide bonds. The number of nitrogens with zero attached hydrogens (tertiary/aromatic N) is 1. The summed E-state index contributed by atoms with van der Waals surface area (Å²) in [5.74, 6) is 0.895. The third kappa shape index (κ3) is 6.54. The number of allylic oxidation sites excluding steroid dienone is 1. The Morgan fingerprint density at radius 2 is 1.85 bits per heavy atom. The molecule has 0 saturated heterocycles. The van der Waals surface area contributed by atoms with Gasteiger partial charge < -0.3 is 19.9 Å². The molecule has 1 aliphatic carbocycles. The number of carbonyl (C=O) groups excluding carboxylic acids is 1. The molecule has 41 heavy (non-hydrogen) atoms. The maximum Gasteiger partial charge on any atom is 0.314 e. The summed E-state index contributed by atoms with van der Waals surface area (Å²) in [6.45, 7) is 2.28. The number of hydrogen-bond donors (Lipinski definition) is 1. The highest BCUT2D eigenvalue weighted by molar-refractivity contribution is 5.75. The van der Waals surface area contributed by atoms with Gasteiger partial charge in [0.15, 0.2) is 0 Å². The molecule has 7 heteroatoms. The van der Waals surface area contributed by atoms with Gasteiger partial charge in [0.25, 0.3) is 0 Å². The molecule has 1 unspecified atom stereocenters. The lowest BCUT2D eigenvalue weighted by atomic mass is 9.80. The van der Waals surface area contributed by atoms with E-state index in [0.29, 0.717) is 28.7 Å². The zero-order chi connectivity index (χ0) is 28.8. The number of fused-ring (bicyclic) bond motifs is 1. The highest BCUT2D eigenvalue weighted by Crippen LogP contribution is 2.44. The van der Waals surface area contributed by atoms with Crippen LogP contribution < -0.4 is 19.9 Å². The lowest BCUT2D eigenvalue weighted by molar-refractivity contribution is -0.140. The van der Waals surface area contributed by atoms with Crippen LogP contribution >= 0.6 is 0 Å². The van der Waals surface area contributed by atoms with E-state index in [2.05, 4.69) is 13.0 Å². The topological polar surface area (TPSA) is 94.6 Å². The van der Waals surface area contributed by atoms with Crippen molar-refractivity contribution in [2.45, 2.75) is 64.4 Å². The van der Waals surface area contributed by atoms with Gasteiger partial charge in [0, 0.05) is 17.2 Å². The van der Waals surface area contributed by atoms with Crippen molar-refractivity contribution in [1.29, 1.82) is 5.26 Å². The molecule has 1 aliphatic heterocycles. The third-order valence-electron chi connectivity index (χ3n) is 8.10. The molecule has 1 saturated carbocycles. The van der Waals surface area contributed by atoms with E-state index >= 15 is 0 Å². The van der Waals surface area contributed by atoms with E-state index in [1.807, 2.05) is 18.2 Å². The van der Waals surface area contributed by atoms with E-state index in [-0.39, 0.29) is 35.8 Å². The monoisotopic (exact) mass is 554 g/mol. The predicted molar refractivity (Wildman–Crippen MR) is 154 cm³/mol. The van der Waals surface area contributed by atoms with Gasteiger partial charge >= 0.3 is 5.97 Å². The molecule has 0 radical (unpaired) electrons. The van der Waals surface area contributed by atoms with E-state index in [1.54, 1.807) is 42.5 Å². The van der Waals surface area contributed by atoms with Crippen LogP contribution in [0.5, 0.6) is 17.2 Å². The summed E-state index contributed by atoms with van der Waals surface area (Å²) < 4.78 is 31.5. The number of nitrogens with two attached hydrogens (primary N) is 1. The van der Waals surface area contributed by atoms with Gasteiger partial charge in [-0.2, -0.15) is 5.26 Å². The summed E-state index contributed by atoms with van der Waals surface area (Å²) >= 11 is 0. The van der Waals surface area contributed by atoms with Crippen LogP contribution in [0, 0.1) is 29.0 Å². The molecule has 3 aromatic rings. The maximum atomic E-state index is 14.1. The van der Waals surface area contributed by atoms with Crippen molar-refractivity contribution in [3.8, 4) is 23.3 Å². The number of hydrogen-bond acceptors (Lipinski definition) is 6. The lowest BCUT2D eigenvalue weighted by Gasteiger charge is -2.28. The van der Waals surface area contributed by atoms with E-state index in [0.717, 1.165) is 36.8 Å². The summed E-state index contributed by atoms with van der Waals surface area (Å²) in [5, 5.41) is 9.94. The number of nitriles is 1. The maximum absolute atomic E-state index is 14.1. The minimum Gasteiger partial charge on any atom is -0.489 e. The summed E-state index contributed by atoms with van der Waals surface area (Å²) in [6, 6.07) is 21.1. The van der Waals surface area contributed by atoms with Crippen molar-refractivity contribution in [1.82, 2.24) is 0 Å². The van der Waals surface area contributed by atoms with E-state index in [9.17, 15) is 14.4 Å². The van der Waals surface area contributed by atoms with Crippen LogP contribution in [0.3, 0.4) is 0 Å². The number of esters is 1. The second-order valence-electron chi connectivity index (χ2n) is 10.9. The van der Waals surface area contributed by atoms with E-state index in [1.165, 1.54) is 25.3 Å². The molecule has 0 bridgehead atoms. The molecule has 0 aromatic heterocycles. The first-order valence-corrected chi connectivity index (χ1v) is 14.4. The molecule has 1 atom stereocenters. The quantitative estimate of drug-likeness (QED) is 0.217. The van der Waals surface area contributed by atoms with Crippen molar-refractivity contribution in [2.24, 2.45) is 17.6 Å². The Morgan fingerprint density at radius 1 is 1.05 bits per heavy atom. The van der Waals surface area contributed by atoms with Crippen molar-refractivity contribution in [3.63, 3.8) is 0 Å². The first kappa shape index (κ1) is 28.2. The van der Waals surface area contributed by atoms with Gasteiger partial charge in [-0.25, -0.2) is 4.39 Å². The summed E-state index contributed by atoms with van der Waals surface area (Å²) in [6.07, 6.45) is 7.52. The fraction of sp³-hybridized carbons (Fsp3) is 0.353. The standard InChI is InChI=1S/C34H35FN2O4/c1-2-3-7-22-12-14-23(15-13-22)34(38)40-27-16-17-28-31(19-27)41-33(37)29(20-36)32(28)24-9-6-10-26(18-24)39-21-25-8-4-5-11-30(25)35/h4-6,8-11,16-19,22-23,32H,2-3,7,12-15,21,37H2,1H3. The molecule has 2 N–H and O–H groups in total. The third-order valence-corrected chi connectivity index (χ3v) is 8.10. The Bertz CT molecular complexity index is 1470. The Balaban J connectivity index is 1.32. The number of carbonyl (C=O) groups is 1. The lowest BCUT2D eigenvalue weighted by Crippen LogP contribution is -2.26. The molecular weight excluding hydrogens is 519 g/mol. The van der Waals surface area contributed by atoms with Gasteiger partial charge in [-0.1, -0.05) is 62.6 Å². The molecule has 2 aliphatic rings. The van der Waals surface area contributed by atoms with Crippen molar-refractivity contribution in [2.75, 3.05) is 0 Å². The predicted octanol–water partition coefficient (Wildman–Crippen LogP) is 7.52. The molecule has 6 nitrogen and oxygen atoms in total. The fourth-order valence-electron chi connectivity index (χ4n) is 5.78. The van der Waals surface area contributed by atoms with Crippen LogP contribution in [0.15, 0.2) is 78.2 Å². The first-order valence-electron chi connectivity index (χ1n) is 14.4. The smallest absolute Gasteiger partial charge is 0.314 e. The highest BCUT2D eigenvalue weighted by Gasteiger charge is 2.32. The number of ether oxygens (including phenoxy) is 3. The van der Waals surface area contributed by atoms with Crippen LogP contribution in [0.4, 0.5) is 4.39 Å². The zero-order valence-corrected chi connectivity index (χ0v) is 23.3. The van der Waals surface area contributed by atoms with Gasteiger partial charge in [-0.3, -0.25) is 4.79 Å². The van der Waals surface area contributed by atoms with Crippen molar-refractivity contribution >= 4 is 5.97 Å². The number of benzene rings is 3. The largest absolute Gasteiger partial charge is 0.489 e. The van der Waals surface area contributed by atoms with E-state index in [4.69, 9.17) is 19.9 Å². The molecule has 1 heterocycles. The minimum absolute atomic E-state index is 0.00319. The van der Waals surface area contributed by atoms with Crippen LogP contribution in [-0.4, -0.2) is 5.97 Å². The average molecular weight is 555 g/mol. The summed E-state index contributed by atoms with van der Waals surface area (Å²) in [7, 11) is 0. The van der Waals surface area contributed by atoms with E-state index < -0.39 is 5.92 Å². The van der Waals surface area contributed by atoms with Crippen LogP contribution in [0.1, 0.15) is 74.5 Å². The molecule has 5 rings (SSSR count). The fourth-order valence-corrected chi connectivity index (χ4v) is 5.78. The SMILES string of the molecule is CCCCC1CCC(C(=O)Oc2ccc3c(c2)OC(N)=C(C#N)C3c2cccc(OCc3ccccc3F)c2)CC1. The Labute approximate surface area is 240 Å². The molecule has 212 valence electrons. The van der Waals surface area contributed by atoms with Gasteiger partial charge in [0.05, 0.1) is 11.8 Å². The van der Waals surface area contributed by atoms with Gasteiger partial charge in [-0.05, 0) is 61.4 Å². The second kappa shape index (κ2) is 12.9. The number of rotatable bonds is 9. The normalized spacial score (nSPS) is 20.0. The Hall–Kier alpha value is -4.31.